The number of aryl methyl sites for hydroxylation is 1. The number of rotatable bonds is 6. The van der Waals surface area contributed by atoms with Crippen LogP contribution in [0.2, 0.25) is 0 Å². The van der Waals surface area contributed by atoms with E-state index < -0.39 is 5.51 Å². The molecule has 0 bridgehead atoms. The largest absolute Gasteiger partial charge is 0.457 e. The Balaban J connectivity index is 0.00000216. The van der Waals surface area contributed by atoms with Crippen LogP contribution in [0.3, 0.4) is 0 Å². The maximum Gasteiger partial charge on any atom is 0.446 e. The number of alkyl halides is 3. The van der Waals surface area contributed by atoms with E-state index in [0.29, 0.717) is 28.7 Å². The molecule has 174 valence electrons. The Morgan fingerprint density at radius 2 is 1.91 bits per heavy atom. The van der Waals surface area contributed by atoms with Gasteiger partial charge in [-0.05, 0) is 48.2 Å². The topological polar surface area (TPSA) is 81.1 Å². The predicted octanol–water partition coefficient (Wildman–Crippen LogP) is 5.97. The van der Waals surface area contributed by atoms with Gasteiger partial charge in [0.15, 0.2) is 0 Å². The number of amides is 1. The molecule has 0 atom stereocenters. The van der Waals surface area contributed by atoms with Crippen molar-refractivity contribution in [2.24, 2.45) is 7.05 Å². The summed E-state index contributed by atoms with van der Waals surface area (Å²) < 4.78 is 45.6. The van der Waals surface area contributed by atoms with E-state index in [0.717, 1.165) is 5.52 Å². The van der Waals surface area contributed by atoms with Crippen LogP contribution in [0, 0.1) is 0 Å². The third-order valence-corrected chi connectivity index (χ3v) is 5.32. The number of benzene rings is 2. The molecule has 4 aromatic rings. The van der Waals surface area contributed by atoms with Crippen molar-refractivity contribution in [3.05, 3.63) is 66.5 Å². The lowest BCUT2D eigenvalue weighted by Crippen LogP contribution is -2.18. The molecule has 4 rings (SSSR count). The second-order valence-corrected chi connectivity index (χ2v) is 8.04. The molecule has 0 fully saturated rings. The van der Waals surface area contributed by atoms with Gasteiger partial charge in [-0.3, -0.25) is 9.78 Å². The van der Waals surface area contributed by atoms with E-state index in [1.807, 2.05) is 6.07 Å². The van der Waals surface area contributed by atoms with Crippen LogP contribution in [0.4, 0.5) is 24.8 Å². The number of halogens is 3. The van der Waals surface area contributed by atoms with Crippen molar-refractivity contribution in [3.8, 4) is 11.5 Å². The predicted molar refractivity (Wildman–Crippen MR) is 124 cm³/mol. The summed E-state index contributed by atoms with van der Waals surface area (Å²) in [7, 11) is 3.31. The van der Waals surface area contributed by atoms with Gasteiger partial charge in [0.25, 0.3) is 5.91 Å². The highest BCUT2D eigenvalue weighted by molar-refractivity contribution is 8.00. The van der Waals surface area contributed by atoms with Crippen molar-refractivity contribution in [1.82, 2.24) is 19.9 Å². The quantitative estimate of drug-likeness (QED) is 0.333. The first-order valence-corrected chi connectivity index (χ1v) is 10.5. The van der Waals surface area contributed by atoms with Gasteiger partial charge >= 0.3 is 5.51 Å². The number of ether oxygens (including phenoxy) is 1. The molecule has 0 aliphatic carbocycles. The lowest BCUT2D eigenvalue weighted by Gasteiger charge is -2.09. The van der Waals surface area contributed by atoms with Crippen LogP contribution in [0.1, 0.15) is 13.3 Å². The molecule has 0 aliphatic heterocycles. The summed E-state index contributed by atoms with van der Waals surface area (Å²) in [5, 5.41) is 5.57. The summed E-state index contributed by atoms with van der Waals surface area (Å²) in [6.45, 7) is 0. The SMILES string of the molecule is CNC(=O)c1cc(Oc2ccc3c(c2)nc(Nc2cccc(SC(F)(F)F)c2)n3C)ccn1.[HH].[HH]. The molecule has 0 saturated heterocycles. The van der Waals surface area contributed by atoms with Crippen LogP contribution in [-0.4, -0.2) is 33.0 Å². The number of imidazole rings is 1. The third kappa shape index (κ3) is 5.37. The van der Waals surface area contributed by atoms with Crippen LogP contribution in [0.5, 0.6) is 11.5 Å². The number of thioether (sulfide) groups is 1. The molecule has 7 nitrogen and oxygen atoms in total. The molecule has 33 heavy (non-hydrogen) atoms. The minimum absolute atomic E-state index is 0. The molecule has 2 aromatic carbocycles. The van der Waals surface area contributed by atoms with E-state index in [-0.39, 0.29) is 31.1 Å². The van der Waals surface area contributed by atoms with Gasteiger partial charge in [-0.25, -0.2) is 4.98 Å². The van der Waals surface area contributed by atoms with E-state index in [2.05, 4.69) is 20.6 Å². The van der Waals surface area contributed by atoms with Crippen molar-refractivity contribution >= 4 is 40.3 Å². The molecule has 0 saturated carbocycles. The van der Waals surface area contributed by atoms with Crippen LogP contribution in [0.25, 0.3) is 11.0 Å². The van der Waals surface area contributed by atoms with E-state index in [1.165, 1.54) is 31.4 Å². The molecule has 11 heteroatoms. The van der Waals surface area contributed by atoms with E-state index in [1.54, 1.807) is 41.9 Å². The average molecular weight is 478 g/mol. The molecule has 0 aliphatic rings. The number of anilines is 2. The Bertz CT molecular complexity index is 1330. The van der Waals surface area contributed by atoms with Crippen molar-refractivity contribution in [2.75, 3.05) is 12.4 Å². The number of carbonyl (C=O) groups excluding carboxylic acids is 1. The minimum atomic E-state index is -4.36. The molecule has 2 heterocycles. The fourth-order valence-corrected chi connectivity index (χ4v) is 3.72. The molecule has 0 spiro atoms. The van der Waals surface area contributed by atoms with Crippen molar-refractivity contribution in [1.29, 1.82) is 0 Å². The van der Waals surface area contributed by atoms with Gasteiger partial charge < -0.3 is 19.9 Å². The Hall–Kier alpha value is -3.73. The number of nitrogens with one attached hydrogen (secondary N) is 2. The smallest absolute Gasteiger partial charge is 0.446 e. The molecule has 0 unspecified atom stereocenters. The van der Waals surface area contributed by atoms with Crippen LogP contribution in [-0.2, 0) is 7.05 Å². The Morgan fingerprint density at radius 1 is 1.12 bits per heavy atom. The lowest BCUT2D eigenvalue weighted by molar-refractivity contribution is -0.0328. The number of hydrogen-bond donors (Lipinski definition) is 2. The second-order valence-electron chi connectivity index (χ2n) is 6.90. The number of nitrogens with zero attached hydrogens (tertiary/aromatic N) is 3. The summed E-state index contributed by atoms with van der Waals surface area (Å²) in [6, 6.07) is 14.5. The Kier molecular flexibility index (Phi) is 6.14. The van der Waals surface area contributed by atoms with Gasteiger partial charge in [-0.15, -0.1) is 0 Å². The minimum Gasteiger partial charge on any atom is -0.457 e. The molecule has 2 aromatic heterocycles. The summed E-state index contributed by atoms with van der Waals surface area (Å²) in [5.74, 6) is 1.08. The van der Waals surface area contributed by atoms with Gasteiger partial charge in [0.1, 0.15) is 17.2 Å². The average Bonchev–Trinajstić information content (AvgIpc) is 3.07. The van der Waals surface area contributed by atoms with Crippen LogP contribution < -0.4 is 15.4 Å². The van der Waals surface area contributed by atoms with E-state index in [9.17, 15) is 18.0 Å². The molecule has 2 N–H and O–H groups in total. The summed E-state index contributed by atoms with van der Waals surface area (Å²) in [5.41, 5.74) is -2.22. The highest BCUT2D eigenvalue weighted by Crippen LogP contribution is 2.38. The number of aromatic nitrogens is 3. The van der Waals surface area contributed by atoms with Crippen molar-refractivity contribution < 1.29 is 25.6 Å². The summed E-state index contributed by atoms with van der Waals surface area (Å²) in [4.78, 5) is 20.4. The van der Waals surface area contributed by atoms with Gasteiger partial charge in [0.2, 0.25) is 5.95 Å². The first-order chi connectivity index (χ1) is 15.7. The zero-order valence-electron chi connectivity index (χ0n) is 17.5. The molecule has 0 radical (unpaired) electrons. The maximum absolute atomic E-state index is 12.7. The first kappa shape index (κ1) is 22.5. The van der Waals surface area contributed by atoms with Crippen LogP contribution >= 0.6 is 11.8 Å². The number of pyridine rings is 1. The van der Waals surface area contributed by atoms with Crippen molar-refractivity contribution in [2.45, 2.75) is 10.4 Å². The molecule has 1 amide bonds. The fraction of sp³-hybridized carbons (Fsp3) is 0.136. The maximum atomic E-state index is 12.7. The highest BCUT2D eigenvalue weighted by atomic mass is 32.2. The van der Waals surface area contributed by atoms with Gasteiger partial charge in [0, 0.05) is 45.9 Å². The first-order valence-electron chi connectivity index (χ1n) is 9.67. The third-order valence-electron chi connectivity index (χ3n) is 4.60. The zero-order chi connectivity index (χ0) is 23.6. The standard InChI is InChI=1S/C22H18F3N5O2S.2H2/c1-26-20(31)18-12-15(8-9-27-18)32-14-6-7-19-17(11-14)29-21(30(19)2)28-13-4-3-5-16(10-13)33-22(23,24)25;;/h3-12H,1-2H3,(H,26,31)(H,28,29);2*1H. The van der Waals surface area contributed by atoms with E-state index in [4.69, 9.17) is 4.74 Å². The monoisotopic (exact) mass is 477 g/mol. The molecular formula is C22H22F3N5O2S. The zero-order valence-corrected chi connectivity index (χ0v) is 18.3. The number of fused-ring (bicyclic) bond motifs is 1. The number of hydrogen-bond acceptors (Lipinski definition) is 6. The lowest BCUT2D eigenvalue weighted by atomic mass is 10.3. The second kappa shape index (κ2) is 9.02. The van der Waals surface area contributed by atoms with Crippen LogP contribution in [0.15, 0.2) is 65.7 Å². The highest BCUT2D eigenvalue weighted by Gasteiger charge is 2.29. The van der Waals surface area contributed by atoms with Crippen molar-refractivity contribution in [3.63, 3.8) is 0 Å². The molecular weight excluding hydrogens is 455 g/mol. The van der Waals surface area contributed by atoms with Gasteiger partial charge in [0.05, 0.1) is 11.0 Å². The Labute approximate surface area is 194 Å². The van der Waals surface area contributed by atoms with E-state index >= 15 is 0 Å². The number of carbonyl (C=O) groups is 1. The normalized spacial score (nSPS) is 11.4. The van der Waals surface area contributed by atoms with Gasteiger partial charge in [-0.2, -0.15) is 13.2 Å². The Morgan fingerprint density at radius 3 is 2.67 bits per heavy atom. The summed E-state index contributed by atoms with van der Waals surface area (Å²) >= 11 is -0.172. The fourth-order valence-electron chi connectivity index (χ4n) is 3.12. The van der Waals surface area contributed by atoms with Gasteiger partial charge in [-0.1, -0.05) is 6.07 Å². The summed E-state index contributed by atoms with van der Waals surface area (Å²) in [6.07, 6.45) is 1.48.